The van der Waals surface area contributed by atoms with E-state index in [0.29, 0.717) is 6.04 Å². The van der Waals surface area contributed by atoms with E-state index < -0.39 is 0 Å². The Kier molecular flexibility index (Phi) is 2.80. The van der Waals surface area contributed by atoms with Crippen LogP contribution in [0, 0.1) is 6.92 Å². The summed E-state index contributed by atoms with van der Waals surface area (Å²) < 4.78 is 0. The van der Waals surface area contributed by atoms with Crippen LogP contribution in [0.2, 0.25) is 0 Å². The van der Waals surface area contributed by atoms with Crippen molar-refractivity contribution in [1.82, 2.24) is 19.9 Å². The summed E-state index contributed by atoms with van der Waals surface area (Å²) in [5, 5.41) is 0. The Morgan fingerprint density at radius 3 is 3.05 bits per heavy atom. The molecule has 0 aromatic carbocycles. The quantitative estimate of drug-likeness (QED) is 0.860. The summed E-state index contributed by atoms with van der Waals surface area (Å²) >= 11 is 0. The molecule has 2 aliphatic heterocycles. The summed E-state index contributed by atoms with van der Waals surface area (Å²) in [6.45, 7) is 1.92. The van der Waals surface area contributed by atoms with Gasteiger partial charge in [-0.05, 0) is 44.7 Å². The molecule has 108 valence electrons. The van der Waals surface area contributed by atoms with Crippen molar-refractivity contribution in [2.24, 2.45) is 0 Å². The van der Waals surface area contributed by atoms with Gasteiger partial charge < -0.3 is 9.88 Å². The predicted molar refractivity (Wildman–Crippen MR) is 78.5 cm³/mol. The lowest BCUT2D eigenvalue weighted by Gasteiger charge is -2.44. The Hall–Kier alpha value is -2.17. The van der Waals surface area contributed by atoms with Gasteiger partial charge in [0.25, 0.3) is 0 Å². The number of carbonyl (C=O) groups excluding carboxylic acids is 1. The molecule has 1 fully saturated rings. The molecule has 0 spiro atoms. The van der Waals surface area contributed by atoms with Crippen LogP contribution < -0.4 is 0 Å². The summed E-state index contributed by atoms with van der Waals surface area (Å²) in [6.07, 6.45) is 7.03. The molecule has 2 aliphatic rings. The van der Waals surface area contributed by atoms with Crippen LogP contribution in [-0.2, 0) is 11.2 Å². The van der Waals surface area contributed by atoms with E-state index >= 15 is 0 Å². The maximum absolute atomic E-state index is 11.5. The minimum atomic E-state index is 0.125. The Labute approximate surface area is 123 Å². The third kappa shape index (κ3) is 1.87. The Morgan fingerprint density at radius 2 is 2.29 bits per heavy atom. The molecule has 2 aromatic rings. The molecule has 2 atom stereocenters. The van der Waals surface area contributed by atoms with Crippen molar-refractivity contribution in [1.29, 1.82) is 0 Å². The van der Waals surface area contributed by atoms with E-state index in [9.17, 15) is 4.79 Å². The summed E-state index contributed by atoms with van der Waals surface area (Å²) in [7, 11) is 0. The number of aromatic nitrogens is 3. The summed E-state index contributed by atoms with van der Waals surface area (Å²) in [5.74, 6) is 0.772. The highest BCUT2D eigenvalue weighted by molar-refractivity contribution is 5.63. The number of rotatable bonds is 2. The van der Waals surface area contributed by atoms with Crippen LogP contribution in [0.5, 0.6) is 0 Å². The van der Waals surface area contributed by atoms with Gasteiger partial charge in [-0.2, -0.15) is 0 Å². The molecule has 4 rings (SSSR count). The number of nitrogens with zero attached hydrogens (tertiary/aromatic N) is 3. The number of aromatic amines is 1. The highest BCUT2D eigenvalue weighted by Gasteiger charge is 2.39. The maximum atomic E-state index is 11.5. The van der Waals surface area contributed by atoms with E-state index in [1.165, 1.54) is 12.0 Å². The number of fused-ring (bicyclic) bond motifs is 4. The maximum Gasteiger partial charge on any atom is 0.210 e. The largest absolute Gasteiger partial charge is 0.360 e. The van der Waals surface area contributed by atoms with E-state index in [2.05, 4.69) is 15.0 Å². The molecule has 0 radical (unpaired) electrons. The normalized spacial score (nSPS) is 23.8. The van der Waals surface area contributed by atoms with Gasteiger partial charge in [-0.15, -0.1) is 0 Å². The molecule has 1 N–H and O–H groups in total. The van der Waals surface area contributed by atoms with Gasteiger partial charge >= 0.3 is 0 Å². The third-order valence-electron chi connectivity index (χ3n) is 4.68. The van der Waals surface area contributed by atoms with Crippen LogP contribution in [0.25, 0.3) is 11.4 Å². The lowest BCUT2D eigenvalue weighted by molar-refractivity contribution is -0.125. The van der Waals surface area contributed by atoms with Crippen LogP contribution in [0.15, 0.2) is 18.3 Å². The van der Waals surface area contributed by atoms with Crippen molar-refractivity contribution in [3.05, 3.63) is 35.4 Å². The van der Waals surface area contributed by atoms with Crippen molar-refractivity contribution in [2.45, 2.75) is 44.7 Å². The minimum Gasteiger partial charge on any atom is -0.360 e. The highest BCUT2D eigenvalue weighted by Crippen LogP contribution is 2.42. The zero-order valence-corrected chi connectivity index (χ0v) is 12.0. The fraction of sp³-hybridized carbons (Fsp3) is 0.438. The van der Waals surface area contributed by atoms with Gasteiger partial charge in [0.1, 0.15) is 5.82 Å². The van der Waals surface area contributed by atoms with Crippen molar-refractivity contribution in [2.75, 3.05) is 0 Å². The average Bonchev–Trinajstić information content (AvgIpc) is 3.01. The molecular formula is C16H18N4O. The third-order valence-corrected chi connectivity index (χ3v) is 4.68. The van der Waals surface area contributed by atoms with Crippen LogP contribution >= 0.6 is 0 Å². The number of amides is 1. The molecule has 5 nitrogen and oxygen atoms in total. The monoisotopic (exact) mass is 282 g/mol. The van der Waals surface area contributed by atoms with E-state index in [1.54, 1.807) is 0 Å². The molecule has 2 unspecified atom stereocenters. The Balaban J connectivity index is 1.91. The number of piperidine rings is 1. The topological polar surface area (TPSA) is 61.9 Å². The first-order chi connectivity index (χ1) is 10.3. The van der Waals surface area contributed by atoms with Crippen LogP contribution in [-0.4, -0.2) is 32.3 Å². The van der Waals surface area contributed by atoms with Crippen LogP contribution in [0.1, 0.15) is 42.4 Å². The van der Waals surface area contributed by atoms with E-state index in [4.69, 9.17) is 0 Å². The molecule has 1 amide bonds. The van der Waals surface area contributed by atoms with Gasteiger partial charge in [-0.3, -0.25) is 4.79 Å². The number of hydrogen-bond donors (Lipinski definition) is 1. The van der Waals surface area contributed by atoms with Crippen molar-refractivity contribution < 1.29 is 4.79 Å². The minimum absolute atomic E-state index is 0.125. The molecule has 4 heterocycles. The van der Waals surface area contributed by atoms with Crippen LogP contribution in [0.3, 0.4) is 0 Å². The number of nitrogens with one attached hydrogen (secondary N) is 1. The summed E-state index contributed by atoms with van der Waals surface area (Å²) in [6, 6.07) is 4.46. The first kappa shape index (κ1) is 12.6. The number of aryl methyl sites for hydroxylation is 1. The predicted octanol–water partition coefficient (Wildman–Crippen LogP) is 2.39. The van der Waals surface area contributed by atoms with Gasteiger partial charge in [0.2, 0.25) is 6.41 Å². The fourth-order valence-electron chi connectivity index (χ4n) is 3.77. The molecule has 0 aliphatic carbocycles. The van der Waals surface area contributed by atoms with E-state index in [1.807, 2.05) is 30.2 Å². The second kappa shape index (κ2) is 4.69. The van der Waals surface area contributed by atoms with Gasteiger partial charge in [0, 0.05) is 17.8 Å². The van der Waals surface area contributed by atoms with Crippen molar-refractivity contribution in [3.63, 3.8) is 0 Å². The van der Waals surface area contributed by atoms with Crippen molar-refractivity contribution in [3.8, 4) is 11.4 Å². The first-order valence-electron chi connectivity index (χ1n) is 7.52. The molecule has 0 saturated carbocycles. The smallest absolute Gasteiger partial charge is 0.210 e. The fourth-order valence-corrected chi connectivity index (χ4v) is 3.77. The zero-order chi connectivity index (χ0) is 14.4. The summed E-state index contributed by atoms with van der Waals surface area (Å²) in [4.78, 5) is 26.0. The lowest BCUT2D eigenvalue weighted by Crippen LogP contribution is -2.46. The Morgan fingerprint density at radius 1 is 1.38 bits per heavy atom. The standard InChI is InChI=1S/C16H18N4O/c1-10-18-15(13-5-3-7-17-13)12-8-11-4-2-6-14(16(12)19-10)20(11)9-21/h3,5,7,9,11,14,17H,2,4,6,8H2,1H3. The Bertz CT molecular complexity index is 680. The molecule has 5 heteroatoms. The number of H-pyrrole nitrogens is 1. The molecule has 1 saturated heterocycles. The van der Waals surface area contributed by atoms with E-state index in [0.717, 1.165) is 48.6 Å². The van der Waals surface area contributed by atoms with Crippen LogP contribution in [0.4, 0.5) is 0 Å². The van der Waals surface area contributed by atoms with Gasteiger partial charge in [0.15, 0.2) is 0 Å². The van der Waals surface area contributed by atoms with E-state index in [-0.39, 0.29) is 6.04 Å². The molecule has 2 aromatic heterocycles. The van der Waals surface area contributed by atoms with Gasteiger partial charge in [0.05, 0.1) is 23.1 Å². The molecule has 2 bridgehead atoms. The molecular weight excluding hydrogens is 264 g/mol. The van der Waals surface area contributed by atoms with Gasteiger partial charge in [-0.1, -0.05) is 0 Å². The second-order valence-corrected chi connectivity index (χ2v) is 5.92. The summed E-state index contributed by atoms with van der Waals surface area (Å²) in [5.41, 5.74) is 4.31. The lowest BCUT2D eigenvalue weighted by atomic mass is 9.82. The number of carbonyl (C=O) groups is 1. The number of hydrogen-bond acceptors (Lipinski definition) is 3. The average molecular weight is 282 g/mol. The van der Waals surface area contributed by atoms with Crippen molar-refractivity contribution >= 4 is 6.41 Å². The first-order valence-corrected chi connectivity index (χ1v) is 7.52. The van der Waals surface area contributed by atoms with Gasteiger partial charge in [-0.25, -0.2) is 9.97 Å². The highest BCUT2D eigenvalue weighted by atomic mass is 16.1. The molecule has 21 heavy (non-hydrogen) atoms. The second-order valence-electron chi connectivity index (χ2n) is 5.92. The zero-order valence-electron chi connectivity index (χ0n) is 12.0. The SMILES string of the molecule is Cc1nc(-c2ccc[nH]2)c2c(n1)C1CCCC(C2)N1C=O.